The van der Waals surface area contributed by atoms with Crippen LogP contribution >= 0.6 is 0 Å². The van der Waals surface area contributed by atoms with Gasteiger partial charge in [-0.25, -0.2) is 17.2 Å². The molecule has 3 atom stereocenters. The molecule has 0 aromatic heterocycles. The SMILES string of the molecule is C[Si](C)(C)CCOC[C@@H]1C(=O)CC[C@@]2(S(=O)(=O)c3ccc(C(F)(F)F)cc3)c3c(F)ccc(F)c3OC[C@@H]12. The maximum absolute atomic E-state index is 15.4. The summed E-state index contributed by atoms with van der Waals surface area (Å²) < 4.78 is 107. The van der Waals surface area contributed by atoms with Crippen LogP contribution in [0.1, 0.15) is 24.0 Å². The van der Waals surface area contributed by atoms with Crippen LogP contribution in [0, 0.1) is 23.5 Å². The van der Waals surface area contributed by atoms with Gasteiger partial charge in [0.2, 0.25) is 0 Å². The first-order valence-corrected chi connectivity index (χ1v) is 17.4. The number of halogens is 5. The van der Waals surface area contributed by atoms with E-state index in [2.05, 4.69) is 19.6 Å². The monoisotopic (exact) mass is 576 g/mol. The van der Waals surface area contributed by atoms with Gasteiger partial charge in [0.1, 0.15) is 16.3 Å². The molecule has 208 valence electrons. The Bertz CT molecular complexity index is 1320. The van der Waals surface area contributed by atoms with Crippen molar-refractivity contribution in [3.63, 3.8) is 0 Å². The minimum atomic E-state index is -4.70. The highest BCUT2D eigenvalue weighted by Gasteiger charge is 2.62. The van der Waals surface area contributed by atoms with Crippen molar-refractivity contribution in [2.75, 3.05) is 19.8 Å². The van der Waals surface area contributed by atoms with Crippen LogP contribution in [0.25, 0.3) is 0 Å². The van der Waals surface area contributed by atoms with Crippen LogP contribution in [0.2, 0.25) is 25.7 Å². The van der Waals surface area contributed by atoms with Gasteiger partial charge in [0.15, 0.2) is 21.4 Å². The molecule has 0 saturated heterocycles. The zero-order chi connectivity index (χ0) is 28.1. The molecule has 0 radical (unpaired) electrons. The topological polar surface area (TPSA) is 69.7 Å². The predicted molar refractivity (Wildman–Crippen MR) is 132 cm³/mol. The number of carbonyl (C=O) groups is 1. The molecule has 1 aliphatic carbocycles. The number of Topliss-reactive ketones (excluding diaryl/α,β-unsaturated/α-hetero) is 1. The van der Waals surface area contributed by atoms with E-state index in [4.69, 9.17) is 9.47 Å². The van der Waals surface area contributed by atoms with Crippen molar-refractivity contribution in [1.82, 2.24) is 0 Å². The summed E-state index contributed by atoms with van der Waals surface area (Å²) in [4.78, 5) is 12.6. The maximum Gasteiger partial charge on any atom is 0.416 e. The van der Waals surface area contributed by atoms with Gasteiger partial charge < -0.3 is 9.47 Å². The predicted octanol–water partition coefficient (Wildman–Crippen LogP) is 6.00. The molecule has 1 saturated carbocycles. The summed E-state index contributed by atoms with van der Waals surface area (Å²) in [5, 5.41) is 0. The Kier molecular flexibility index (Phi) is 7.56. The van der Waals surface area contributed by atoms with E-state index in [9.17, 15) is 30.8 Å². The molecule has 2 aromatic carbocycles. The Labute approximate surface area is 219 Å². The summed E-state index contributed by atoms with van der Waals surface area (Å²) in [6.45, 7) is 6.26. The number of hydrogen-bond donors (Lipinski definition) is 0. The zero-order valence-electron chi connectivity index (χ0n) is 21.2. The van der Waals surface area contributed by atoms with Gasteiger partial charge in [0.05, 0.1) is 29.2 Å². The zero-order valence-corrected chi connectivity index (χ0v) is 23.0. The van der Waals surface area contributed by atoms with Crippen molar-refractivity contribution < 1.29 is 44.6 Å². The minimum absolute atomic E-state index is 0.131. The van der Waals surface area contributed by atoms with Gasteiger partial charge in [-0.3, -0.25) is 4.79 Å². The number of ether oxygens (including phenoxy) is 2. The first kappa shape index (κ1) is 28.7. The van der Waals surface area contributed by atoms with Gasteiger partial charge in [0, 0.05) is 32.9 Å². The molecular formula is C26H29F5O5SSi. The molecule has 0 spiro atoms. The highest BCUT2D eigenvalue weighted by Crippen LogP contribution is 2.57. The summed E-state index contributed by atoms with van der Waals surface area (Å²) >= 11 is 0. The number of hydrogen-bond acceptors (Lipinski definition) is 5. The van der Waals surface area contributed by atoms with Crippen molar-refractivity contribution in [2.24, 2.45) is 11.8 Å². The summed E-state index contributed by atoms with van der Waals surface area (Å²) in [5.41, 5.74) is -1.59. The third-order valence-electron chi connectivity index (χ3n) is 7.40. The Morgan fingerprint density at radius 2 is 1.68 bits per heavy atom. The number of ketones is 1. The van der Waals surface area contributed by atoms with Crippen LogP contribution in [0.3, 0.4) is 0 Å². The lowest BCUT2D eigenvalue weighted by molar-refractivity contribution is -0.137. The van der Waals surface area contributed by atoms with Crippen molar-refractivity contribution in [1.29, 1.82) is 0 Å². The fraction of sp³-hybridized carbons (Fsp3) is 0.500. The molecule has 0 unspecified atom stereocenters. The number of benzene rings is 2. The van der Waals surface area contributed by atoms with Crippen molar-refractivity contribution in [3.05, 3.63) is 59.2 Å². The lowest BCUT2D eigenvalue weighted by atomic mass is 9.67. The van der Waals surface area contributed by atoms with Crippen LogP contribution in [-0.2, 0) is 30.3 Å². The molecule has 0 bridgehead atoms. The lowest BCUT2D eigenvalue weighted by Crippen LogP contribution is -2.57. The normalized spacial score (nSPS) is 23.9. The van der Waals surface area contributed by atoms with E-state index in [1.165, 1.54) is 0 Å². The maximum atomic E-state index is 15.4. The van der Waals surface area contributed by atoms with Gasteiger partial charge in [-0.2, -0.15) is 13.2 Å². The van der Waals surface area contributed by atoms with Crippen LogP contribution in [0.4, 0.5) is 22.0 Å². The van der Waals surface area contributed by atoms with Gasteiger partial charge >= 0.3 is 6.18 Å². The smallest absolute Gasteiger partial charge is 0.416 e. The quantitative estimate of drug-likeness (QED) is 0.230. The second-order valence-electron chi connectivity index (χ2n) is 11.0. The highest BCUT2D eigenvalue weighted by atomic mass is 32.2. The molecular weight excluding hydrogens is 547 g/mol. The molecule has 38 heavy (non-hydrogen) atoms. The summed E-state index contributed by atoms with van der Waals surface area (Å²) in [6, 6.07) is 5.29. The van der Waals surface area contributed by atoms with Crippen LogP contribution < -0.4 is 4.74 Å². The van der Waals surface area contributed by atoms with Crippen LogP contribution in [0.5, 0.6) is 5.75 Å². The largest absolute Gasteiger partial charge is 0.490 e. The van der Waals surface area contributed by atoms with E-state index < -0.39 is 80.7 Å². The first-order valence-electron chi connectivity index (χ1n) is 12.2. The molecule has 2 aliphatic rings. The summed E-state index contributed by atoms with van der Waals surface area (Å²) in [5.74, 6) is -5.00. The molecule has 4 rings (SSSR count). The van der Waals surface area contributed by atoms with Crippen LogP contribution in [0.15, 0.2) is 41.3 Å². The highest BCUT2D eigenvalue weighted by molar-refractivity contribution is 7.92. The van der Waals surface area contributed by atoms with E-state index in [0.717, 1.165) is 30.3 Å². The van der Waals surface area contributed by atoms with Crippen LogP contribution in [-0.4, -0.2) is 42.1 Å². The minimum Gasteiger partial charge on any atom is -0.490 e. The van der Waals surface area contributed by atoms with E-state index in [1.807, 2.05) is 0 Å². The summed E-state index contributed by atoms with van der Waals surface area (Å²) in [7, 11) is -6.13. The van der Waals surface area contributed by atoms with E-state index in [1.54, 1.807) is 0 Å². The van der Waals surface area contributed by atoms with Crippen molar-refractivity contribution in [3.8, 4) is 5.75 Å². The number of alkyl halides is 3. The Hall–Kier alpha value is -2.31. The van der Waals surface area contributed by atoms with Crippen molar-refractivity contribution in [2.45, 2.75) is 54.3 Å². The van der Waals surface area contributed by atoms with E-state index in [-0.39, 0.29) is 25.2 Å². The molecule has 12 heteroatoms. The molecule has 5 nitrogen and oxygen atoms in total. The lowest BCUT2D eigenvalue weighted by Gasteiger charge is -2.49. The van der Waals surface area contributed by atoms with Gasteiger partial charge in [-0.05, 0) is 48.9 Å². The van der Waals surface area contributed by atoms with E-state index >= 15 is 4.39 Å². The number of fused-ring (bicyclic) bond motifs is 3. The number of sulfone groups is 1. The second kappa shape index (κ2) is 10.0. The third kappa shape index (κ3) is 5.02. The average Bonchev–Trinajstić information content (AvgIpc) is 2.83. The number of carbonyl (C=O) groups excluding carboxylic acids is 1. The summed E-state index contributed by atoms with van der Waals surface area (Å²) in [6.07, 6.45) is -5.32. The second-order valence-corrected chi connectivity index (χ2v) is 18.9. The molecule has 0 N–H and O–H groups in total. The van der Waals surface area contributed by atoms with E-state index in [0.29, 0.717) is 18.7 Å². The fourth-order valence-electron chi connectivity index (χ4n) is 5.33. The molecule has 1 fully saturated rings. The standard InChI is InChI=1S/C26H29F5O5SSi/c1-38(2,3)13-12-35-14-18-19-15-36-24-21(28)9-8-20(27)23(24)25(19,11-10-22(18)32)37(33,34)17-6-4-16(5-7-17)26(29,30)31/h4-9,18-19H,10-15H2,1-3H3/t18-,19-,25-/m0/s1. The number of rotatable bonds is 7. The van der Waals surface area contributed by atoms with Gasteiger partial charge in [0.25, 0.3) is 0 Å². The average molecular weight is 577 g/mol. The van der Waals surface area contributed by atoms with Crippen molar-refractivity contribution >= 4 is 23.7 Å². The Balaban J connectivity index is 1.84. The Morgan fingerprint density at radius 3 is 2.29 bits per heavy atom. The molecule has 1 aliphatic heterocycles. The molecule has 1 heterocycles. The first-order chi connectivity index (χ1) is 17.6. The third-order valence-corrected chi connectivity index (χ3v) is 11.7. The fourth-order valence-corrected chi connectivity index (χ4v) is 8.46. The Morgan fingerprint density at radius 1 is 1.05 bits per heavy atom. The molecule has 2 aromatic rings. The van der Waals surface area contributed by atoms with Gasteiger partial charge in [-0.15, -0.1) is 0 Å². The molecule has 0 amide bonds. The van der Waals surface area contributed by atoms with Gasteiger partial charge in [-0.1, -0.05) is 19.6 Å².